The largest absolute Gasteiger partial charge is 0.380 e. The third kappa shape index (κ3) is 8.77. The fourth-order valence-corrected chi connectivity index (χ4v) is 4.43. The number of carbonyl (C=O) groups is 2. The minimum Gasteiger partial charge on any atom is -0.380 e. The van der Waals surface area contributed by atoms with Crippen LogP contribution in [0.15, 0.2) is 23.6 Å². The van der Waals surface area contributed by atoms with E-state index in [9.17, 15) is 9.59 Å². The van der Waals surface area contributed by atoms with Crippen LogP contribution < -0.4 is 20.9 Å². The van der Waals surface area contributed by atoms with Crippen molar-refractivity contribution in [3.63, 3.8) is 0 Å². The maximum Gasteiger partial charge on any atom is 0.275 e. The molecule has 0 aliphatic carbocycles. The number of hydrogen-bond donors (Lipinski definition) is 3. The van der Waals surface area contributed by atoms with Crippen LogP contribution in [-0.4, -0.2) is 68.9 Å². The normalized spacial score (nSPS) is 14.8. The average Bonchev–Trinajstić information content (AvgIpc) is 3.30. The van der Waals surface area contributed by atoms with Gasteiger partial charge in [0.05, 0.1) is 30.6 Å². The molecule has 1 atom stereocenters. The maximum atomic E-state index is 13.1. The number of ether oxygens (including phenoxy) is 2. The molecule has 10 heteroatoms. The summed E-state index contributed by atoms with van der Waals surface area (Å²) in [6.07, 6.45) is 1.02. The lowest BCUT2D eigenvalue weighted by atomic mass is 9.99. The van der Waals surface area contributed by atoms with E-state index in [0.29, 0.717) is 43.2 Å². The van der Waals surface area contributed by atoms with E-state index in [4.69, 9.17) is 9.47 Å². The number of nitrogens with zero attached hydrogens (tertiary/aromatic N) is 2. The quantitative estimate of drug-likeness (QED) is 0.337. The molecule has 9 nitrogen and oxygen atoms in total. The molecule has 3 N–H and O–H groups in total. The second kappa shape index (κ2) is 13.3. The summed E-state index contributed by atoms with van der Waals surface area (Å²) in [6.45, 7) is 14.5. The van der Waals surface area contributed by atoms with Crippen molar-refractivity contribution in [2.45, 2.75) is 59.7 Å². The highest BCUT2D eigenvalue weighted by atomic mass is 32.1. The zero-order valence-electron chi connectivity index (χ0n) is 22.8. The number of carbonyl (C=O) groups excluding carboxylic acids is 2. The molecular weight excluding hydrogens is 490 g/mol. The summed E-state index contributed by atoms with van der Waals surface area (Å²) in [4.78, 5) is 32.6. The minimum absolute atomic E-state index is 0.0198. The van der Waals surface area contributed by atoms with Gasteiger partial charge in [-0.1, -0.05) is 33.8 Å². The highest BCUT2D eigenvalue weighted by molar-refractivity contribution is 7.14. The number of anilines is 2. The van der Waals surface area contributed by atoms with E-state index >= 15 is 0 Å². The Bertz CT molecular complexity index is 1050. The zero-order valence-corrected chi connectivity index (χ0v) is 23.7. The van der Waals surface area contributed by atoms with E-state index < -0.39 is 0 Å². The number of methoxy groups -OCH3 is 1. The van der Waals surface area contributed by atoms with Crippen LogP contribution in [-0.2, 0) is 16.0 Å². The van der Waals surface area contributed by atoms with Crippen LogP contribution >= 0.6 is 11.3 Å². The smallest absolute Gasteiger partial charge is 0.275 e. The van der Waals surface area contributed by atoms with Crippen LogP contribution in [0.3, 0.4) is 0 Å². The van der Waals surface area contributed by atoms with Crippen molar-refractivity contribution in [3.05, 3.63) is 40.4 Å². The van der Waals surface area contributed by atoms with Crippen LogP contribution in [0.1, 0.15) is 67.4 Å². The molecule has 1 aliphatic heterocycles. The van der Waals surface area contributed by atoms with Gasteiger partial charge >= 0.3 is 0 Å². The molecule has 1 aliphatic rings. The summed E-state index contributed by atoms with van der Waals surface area (Å²) in [5.74, 6) is -0.559. The third-order valence-corrected chi connectivity index (χ3v) is 6.93. The van der Waals surface area contributed by atoms with Gasteiger partial charge in [-0.3, -0.25) is 9.59 Å². The second-order valence-corrected chi connectivity index (χ2v) is 11.5. The molecule has 1 saturated heterocycles. The standard InChI is InChI=1S/C27H41N5O4S/c1-7-18(2)29-24(33)21-12-19(13-28-10-11-36-17-27(3,4)5)8-9-22(21)30-25(34)23-16-37-26(31-23)32-14-20(15-32)35-6/h8-9,12,16,18,20,28H,7,10-11,13-15,17H2,1-6H3,(H,29,33)(H,30,34). The lowest BCUT2D eigenvalue weighted by Gasteiger charge is -2.37. The fourth-order valence-electron chi connectivity index (χ4n) is 3.60. The van der Waals surface area contributed by atoms with Crippen molar-refractivity contribution in [2.75, 3.05) is 50.2 Å². The Kier molecular flexibility index (Phi) is 10.5. The highest BCUT2D eigenvalue weighted by Gasteiger charge is 2.29. The van der Waals surface area contributed by atoms with Gasteiger partial charge in [0.2, 0.25) is 0 Å². The molecule has 37 heavy (non-hydrogen) atoms. The van der Waals surface area contributed by atoms with Gasteiger partial charge in [-0.15, -0.1) is 11.3 Å². The Hall–Kier alpha value is -2.53. The number of benzene rings is 1. The number of hydrogen-bond acceptors (Lipinski definition) is 8. The molecule has 3 rings (SSSR count). The summed E-state index contributed by atoms with van der Waals surface area (Å²) >= 11 is 1.43. The van der Waals surface area contributed by atoms with Crippen molar-refractivity contribution in [3.8, 4) is 0 Å². The number of thiazole rings is 1. The molecular formula is C27H41N5O4S. The fraction of sp³-hybridized carbons (Fsp3) is 0.593. The molecule has 1 aromatic carbocycles. The highest BCUT2D eigenvalue weighted by Crippen LogP contribution is 2.27. The Balaban J connectivity index is 1.64. The van der Waals surface area contributed by atoms with Gasteiger partial charge in [-0.2, -0.15) is 0 Å². The topological polar surface area (TPSA) is 105 Å². The first-order valence-electron chi connectivity index (χ1n) is 12.9. The SMILES string of the molecule is CCC(C)NC(=O)c1cc(CNCCOCC(C)(C)C)ccc1NC(=O)c1csc(N2CC(OC)C2)n1. The van der Waals surface area contributed by atoms with Crippen LogP contribution in [0.25, 0.3) is 0 Å². The summed E-state index contributed by atoms with van der Waals surface area (Å²) < 4.78 is 11.0. The van der Waals surface area contributed by atoms with Gasteiger partial charge in [-0.25, -0.2) is 4.98 Å². The van der Waals surface area contributed by atoms with Crippen LogP contribution in [0.4, 0.5) is 10.8 Å². The van der Waals surface area contributed by atoms with Crippen molar-refractivity contribution >= 4 is 34.0 Å². The molecule has 2 amide bonds. The van der Waals surface area contributed by atoms with E-state index in [2.05, 4.69) is 46.6 Å². The first-order chi connectivity index (χ1) is 17.6. The monoisotopic (exact) mass is 531 g/mol. The minimum atomic E-state index is -0.342. The molecule has 0 saturated carbocycles. The predicted octanol–water partition coefficient (Wildman–Crippen LogP) is 3.91. The van der Waals surface area contributed by atoms with Gasteiger partial charge < -0.3 is 30.3 Å². The van der Waals surface area contributed by atoms with Gasteiger partial charge in [0.1, 0.15) is 5.69 Å². The molecule has 0 bridgehead atoms. The van der Waals surface area contributed by atoms with E-state index in [1.807, 2.05) is 26.0 Å². The van der Waals surface area contributed by atoms with E-state index in [1.165, 1.54) is 11.3 Å². The van der Waals surface area contributed by atoms with Crippen molar-refractivity contribution in [1.82, 2.24) is 15.6 Å². The first-order valence-corrected chi connectivity index (χ1v) is 13.7. The number of rotatable bonds is 13. The summed E-state index contributed by atoms with van der Waals surface area (Å²) in [6, 6.07) is 5.54. The van der Waals surface area contributed by atoms with Crippen LogP contribution in [0.5, 0.6) is 0 Å². The lowest BCUT2D eigenvalue weighted by molar-refractivity contribution is 0.0729. The van der Waals surface area contributed by atoms with Gasteiger partial charge in [0.25, 0.3) is 11.8 Å². The Labute approximate surface area is 224 Å². The summed E-state index contributed by atoms with van der Waals surface area (Å²) in [7, 11) is 1.70. The molecule has 2 heterocycles. The predicted molar refractivity (Wildman–Crippen MR) is 149 cm³/mol. The summed E-state index contributed by atoms with van der Waals surface area (Å²) in [5, 5.41) is 11.8. The summed E-state index contributed by atoms with van der Waals surface area (Å²) in [5.41, 5.74) is 2.30. The van der Waals surface area contributed by atoms with E-state index in [1.54, 1.807) is 18.6 Å². The Morgan fingerprint density at radius 2 is 2.00 bits per heavy atom. The Morgan fingerprint density at radius 3 is 2.68 bits per heavy atom. The molecule has 0 spiro atoms. The van der Waals surface area contributed by atoms with E-state index in [-0.39, 0.29) is 29.4 Å². The first kappa shape index (κ1) is 29.0. The zero-order chi connectivity index (χ0) is 27.0. The number of nitrogens with one attached hydrogen (secondary N) is 3. The number of aromatic nitrogens is 1. The van der Waals surface area contributed by atoms with Crippen LogP contribution in [0.2, 0.25) is 0 Å². The van der Waals surface area contributed by atoms with Crippen LogP contribution in [0, 0.1) is 5.41 Å². The molecule has 1 unspecified atom stereocenters. The van der Waals surface area contributed by atoms with Gasteiger partial charge in [0.15, 0.2) is 5.13 Å². The van der Waals surface area contributed by atoms with Crippen molar-refractivity contribution in [1.29, 1.82) is 0 Å². The molecule has 1 aromatic heterocycles. The van der Waals surface area contributed by atoms with Crippen molar-refractivity contribution < 1.29 is 19.1 Å². The average molecular weight is 532 g/mol. The molecule has 0 radical (unpaired) electrons. The second-order valence-electron chi connectivity index (χ2n) is 10.7. The van der Waals surface area contributed by atoms with E-state index in [0.717, 1.165) is 30.2 Å². The lowest BCUT2D eigenvalue weighted by Crippen LogP contribution is -2.51. The van der Waals surface area contributed by atoms with Gasteiger partial charge in [0, 0.05) is 44.7 Å². The third-order valence-electron chi connectivity index (χ3n) is 6.03. The maximum absolute atomic E-state index is 13.1. The molecule has 1 fully saturated rings. The Morgan fingerprint density at radius 1 is 1.24 bits per heavy atom. The molecule has 2 aromatic rings. The molecule has 204 valence electrons. The number of amides is 2. The van der Waals surface area contributed by atoms with Gasteiger partial charge in [-0.05, 0) is 36.5 Å². The van der Waals surface area contributed by atoms with Crippen molar-refractivity contribution in [2.24, 2.45) is 5.41 Å².